The quantitative estimate of drug-likeness (QED) is 0.842. The minimum Gasteiger partial charge on any atom is -0.336 e. The average molecular weight is 348 g/mol. The van der Waals surface area contributed by atoms with Crippen LogP contribution in [0.4, 0.5) is 4.79 Å². The van der Waals surface area contributed by atoms with Crippen LogP contribution in [-0.2, 0) is 9.84 Å². The lowest BCUT2D eigenvalue weighted by atomic mass is 10.00. The summed E-state index contributed by atoms with van der Waals surface area (Å²) in [6.07, 6.45) is 1.59. The van der Waals surface area contributed by atoms with Crippen LogP contribution < -0.4 is 10.6 Å². The first kappa shape index (κ1) is 18.3. The number of amides is 2. The molecule has 2 rings (SSSR count). The van der Waals surface area contributed by atoms with Gasteiger partial charge in [0.25, 0.3) is 0 Å². The first-order valence-corrected chi connectivity index (χ1v) is 10.0. The largest absolute Gasteiger partial charge is 0.336 e. The van der Waals surface area contributed by atoms with E-state index in [1.807, 2.05) is 49.4 Å². The van der Waals surface area contributed by atoms with Crippen LogP contribution in [0.15, 0.2) is 42.5 Å². The van der Waals surface area contributed by atoms with Gasteiger partial charge in [-0.15, -0.1) is 0 Å². The monoisotopic (exact) mass is 348 g/mol. The molecule has 0 saturated carbocycles. The van der Waals surface area contributed by atoms with Crippen molar-refractivity contribution in [3.8, 4) is 0 Å². The van der Waals surface area contributed by atoms with E-state index >= 15 is 0 Å². The van der Waals surface area contributed by atoms with E-state index in [0.29, 0.717) is 6.42 Å². The highest BCUT2D eigenvalue weighted by Gasteiger charge is 2.14. The molecule has 0 aliphatic rings. The highest BCUT2D eigenvalue weighted by molar-refractivity contribution is 7.90. The van der Waals surface area contributed by atoms with E-state index in [1.165, 1.54) is 6.26 Å². The summed E-state index contributed by atoms with van der Waals surface area (Å²) in [7, 11) is -3.02. The Hall–Kier alpha value is -2.08. The Morgan fingerprint density at radius 2 is 1.71 bits per heavy atom. The minimum absolute atomic E-state index is 0.0628. The molecular weight excluding hydrogens is 324 g/mol. The van der Waals surface area contributed by atoms with Crippen molar-refractivity contribution in [1.29, 1.82) is 0 Å². The van der Waals surface area contributed by atoms with Gasteiger partial charge in [0, 0.05) is 12.3 Å². The van der Waals surface area contributed by atoms with Crippen molar-refractivity contribution in [3.05, 3.63) is 48.0 Å². The Labute approximate surface area is 143 Å². The fourth-order valence-electron chi connectivity index (χ4n) is 2.63. The minimum atomic E-state index is -3.02. The second kappa shape index (κ2) is 7.66. The zero-order valence-electron chi connectivity index (χ0n) is 14.2. The Morgan fingerprint density at radius 3 is 2.42 bits per heavy atom. The van der Waals surface area contributed by atoms with Crippen LogP contribution in [0, 0.1) is 0 Å². The summed E-state index contributed by atoms with van der Waals surface area (Å²) in [6.45, 7) is 3.73. The third kappa shape index (κ3) is 5.23. The predicted octanol–water partition coefficient (Wildman–Crippen LogP) is 3.02. The molecule has 0 spiro atoms. The van der Waals surface area contributed by atoms with Crippen molar-refractivity contribution in [3.63, 3.8) is 0 Å². The summed E-state index contributed by atoms with van der Waals surface area (Å²) in [4.78, 5) is 12.1. The summed E-state index contributed by atoms with van der Waals surface area (Å²) in [6, 6.07) is 13.4. The van der Waals surface area contributed by atoms with Gasteiger partial charge in [0.1, 0.15) is 9.84 Å². The zero-order chi connectivity index (χ0) is 17.7. The standard InChI is InChI=1S/C18H24N2O3S/c1-13(11-12-24(3,22)23)19-18(21)20-14(2)16-10-6-8-15-7-4-5-9-17(15)16/h4-10,13-14H,11-12H2,1-3H3,(H2,19,20,21)/t13-,14+/m0/s1. The smallest absolute Gasteiger partial charge is 0.315 e. The van der Waals surface area contributed by atoms with Crippen molar-refractivity contribution in [2.75, 3.05) is 12.0 Å². The molecule has 0 fully saturated rings. The summed E-state index contributed by atoms with van der Waals surface area (Å²) in [5.74, 6) is 0.0628. The molecule has 0 aliphatic carbocycles. The summed E-state index contributed by atoms with van der Waals surface area (Å²) >= 11 is 0. The van der Waals surface area contributed by atoms with Crippen molar-refractivity contribution >= 4 is 26.6 Å². The van der Waals surface area contributed by atoms with Crippen LogP contribution >= 0.6 is 0 Å². The molecule has 2 aromatic carbocycles. The maximum Gasteiger partial charge on any atom is 0.315 e. The summed E-state index contributed by atoms with van der Waals surface area (Å²) in [5, 5.41) is 7.94. The van der Waals surface area contributed by atoms with Gasteiger partial charge in [-0.1, -0.05) is 42.5 Å². The van der Waals surface area contributed by atoms with E-state index in [1.54, 1.807) is 6.92 Å². The molecule has 6 heteroatoms. The predicted molar refractivity (Wildman–Crippen MR) is 97.8 cm³/mol. The molecule has 2 aromatic rings. The van der Waals surface area contributed by atoms with Crippen LogP contribution in [0.25, 0.3) is 10.8 Å². The first-order valence-electron chi connectivity index (χ1n) is 7.98. The van der Waals surface area contributed by atoms with Gasteiger partial charge in [-0.3, -0.25) is 0 Å². The van der Waals surface area contributed by atoms with Crippen LogP contribution in [0.5, 0.6) is 0 Å². The molecule has 0 aromatic heterocycles. The molecule has 2 atom stereocenters. The van der Waals surface area contributed by atoms with E-state index in [0.717, 1.165) is 16.3 Å². The lowest BCUT2D eigenvalue weighted by Gasteiger charge is -2.19. The second-order valence-electron chi connectivity index (χ2n) is 6.23. The van der Waals surface area contributed by atoms with Gasteiger partial charge in [-0.25, -0.2) is 13.2 Å². The van der Waals surface area contributed by atoms with E-state index < -0.39 is 9.84 Å². The molecule has 0 heterocycles. The summed E-state index contributed by atoms with van der Waals surface area (Å²) < 4.78 is 22.4. The molecule has 0 saturated heterocycles. The molecule has 0 radical (unpaired) electrons. The highest BCUT2D eigenvalue weighted by Crippen LogP contribution is 2.23. The third-order valence-corrected chi connectivity index (χ3v) is 4.91. The van der Waals surface area contributed by atoms with Gasteiger partial charge in [-0.2, -0.15) is 0 Å². The Kier molecular flexibility index (Phi) is 5.83. The summed E-state index contributed by atoms with van der Waals surface area (Å²) in [5.41, 5.74) is 1.05. The zero-order valence-corrected chi connectivity index (χ0v) is 15.1. The van der Waals surface area contributed by atoms with Gasteiger partial charge in [-0.05, 0) is 36.6 Å². The topological polar surface area (TPSA) is 75.3 Å². The van der Waals surface area contributed by atoms with Crippen LogP contribution in [0.2, 0.25) is 0 Å². The average Bonchev–Trinajstić information content (AvgIpc) is 2.51. The number of sulfone groups is 1. The first-order chi connectivity index (χ1) is 11.3. The number of nitrogens with one attached hydrogen (secondary N) is 2. The number of rotatable bonds is 6. The number of hydrogen-bond donors (Lipinski definition) is 2. The van der Waals surface area contributed by atoms with Gasteiger partial charge < -0.3 is 10.6 Å². The maximum absolute atomic E-state index is 12.1. The molecule has 5 nitrogen and oxygen atoms in total. The molecule has 130 valence electrons. The SMILES string of the molecule is C[C@@H](CCS(C)(=O)=O)NC(=O)N[C@H](C)c1cccc2ccccc12. The lowest BCUT2D eigenvalue weighted by Crippen LogP contribution is -2.42. The fraction of sp³-hybridized carbons (Fsp3) is 0.389. The maximum atomic E-state index is 12.1. The number of carbonyl (C=O) groups excluding carboxylic acids is 1. The molecule has 24 heavy (non-hydrogen) atoms. The van der Waals surface area contributed by atoms with Crippen molar-refractivity contribution in [2.45, 2.75) is 32.4 Å². The van der Waals surface area contributed by atoms with Crippen molar-refractivity contribution in [2.24, 2.45) is 0 Å². The Morgan fingerprint density at radius 1 is 1.04 bits per heavy atom. The number of carbonyl (C=O) groups is 1. The third-order valence-electron chi connectivity index (χ3n) is 3.94. The Balaban J connectivity index is 1.98. The van der Waals surface area contributed by atoms with E-state index in [2.05, 4.69) is 10.6 Å². The van der Waals surface area contributed by atoms with Gasteiger partial charge in [0.15, 0.2) is 0 Å². The molecule has 2 amide bonds. The normalized spacial score (nSPS) is 14.1. The number of benzene rings is 2. The van der Waals surface area contributed by atoms with Gasteiger partial charge >= 0.3 is 6.03 Å². The van der Waals surface area contributed by atoms with Gasteiger partial charge in [0.05, 0.1) is 11.8 Å². The van der Waals surface area contributed by atoms with E-state index in [-0.39, 0.29) is 23.9 Å². The second-order valence-corrected chi connectivity index (χ2v) is 8.49. The number of hydrogen-bond acceptors (Lipinski definition) is 3. The molecular formula is C18H24N2O3S. The lowest BCUT2D eigenvalue weighted by molar-refractivity contribution is 0.234. The molecule has 2 N–H and O–H groups in total. The van der Waals surface area contributed by atoms with Gasteiger partial charge in [0.2, 0.25) is 0 Å². The fourth-order valence-corrected chi connectivity index (χ4v) is 3.41. The number of urea groups is 1. The van der Waals surface area contributed by atoms with Crippen LogP contribution in [0.3, 0.4) is 0 Å². The van der Waals surface area contributed by atoms with Crippen molar-refractivity contribution < 1.29 is 13.2 Å². The molecule has 0 aliphatic heterocycles. The van der Waals surface area contributed by atoms with Crippen molar-refractivity contribution in [1.82, 2.24) is 10.6 Å². The number of fused-ring (bicyclic) bond motifs is 1. The highest BCUT2D eigenvalue weighted by atomic mass is 32.2. The van der Waals surface area contributed by atoms with E-state index in [4.69, 9.17) is 0 Å². The van der Waals surface area contributed by atoms with Crippen LogP contribution in [0.1, 0.15) is 31.9 Å². The molecule has 0 bridgehead atoms. The van der Waals surface area contributed by atoms with E-state index in [9.17, 15) is 13.2 Å². The molecule has 0 unspecified atom stereocenters. The Bertz CT molecular complexity index is 813. The van der Waals surface area contributed by atoms with Crippen LogP contribution in [-0.4, -0.2) is 32.5 Å².